The molecule has 0 unspecified atom stereocenters. The van der Waals surface area contributed by atoms with Gasteiger partial charge < -0.3 is 5.32 Å². The summed E-state index contributed by atoms with van der Waals surface area (Å²) in [5.41, 5.74) is 1.70. The Hall–Kier alpha value is -1.69. The highest BCUT2D eigenvalue weighted by Crippen LogP contribution is 2.08. The first-order chi connectivity index (χ1) is 8.70. The molecule has 0 aliphatic heterocycles. The van der Waals surface area contributed by atoms with Crippen LogP contribution in [0.25, 0.3) is 0 Å². The van der Waals surface area contributed by atoms with E-state index in [-0.39, 0.29) is 5.56 Å². The normalized spacial score (nSPS) is 10.3. The van der Waals surface area contributed by atoms with Crippen LogP contribution in [-0.4, -0.2) is 21.1 Å². The van der Waals surface area contributed by atoms with E-state index in [9.17, 15) is 4.79 Å². The Morgan fingerprint density at radius 2 is 2.33 bits per heavy atom. The van der Waals surface area contributed by atoms with Crippen LogP contribution in [0.4, 0.5) is 5.69 Å². The number of anilines is 1. The molecule has 0 aliphatic carbocycles. The molecule has 0 bridgehead atoms. The lowest BCUT2D eigenvalue weighted by Gasteiger charge is -2.07. The highest BCUT2D eigenvalue weighted by atomic mass is 79.9. The van der Waals surface area contributed by atoms with Crippen molar-refractivity contribution >= 4 is 21.6 Å². The number of halogens is 1. The molecule has 5 nitrogen and oxygen atoms in total. The van der Waals surface area contributed by atoms with E-state index in [1.54, 1.807) is 6.20 Å². The molecule has 0 saturated heterocycles. The predicted molar refractivity (Wildman–Crippen MR) is 73.7 cm³/mol. The second-order valence-electron chi connectivity index (χ2n) is 3.74. The fourth-order valence-corrected chi connectivity index (χ4v) is 1.94. The molecular formula is C12H13BrN4O. The van der Waals surface area contributed by atoms with Crippen molar-refractivity contribution in [3.63, 3.8) is 0 Å². The fraction of sp³-hybridized carbons (Fsp3) is 0.250. The van der Waals surface area contributed by atoms with Crippen molar-refractivity contribution in [3.05, 3.63) is 51.4 Å². The summed E-state index contributed by atoms with van der Waals surface area (Å²) in [4.78, 5) is 20.0. The van der Waals surface area contributed by atoms with Gasteiger partial charge in [0.05, 0.1) is 18.6 Å². The minimum absolute atomic E-state index is 0.111. The van der Waals surface area contributed by atoms with Gasteiger partial charge in [-0.15, -0.1) is 0 Å². The van der Waals surface area contributed by atoms with Crippen LogP contribution < -0.4 is 10.9 Å². The van der Waals surface area contributed by atoms with Gasteiger partial charge in [-0.2, -0.15) is 0 Å². The second kappa shape index (κ2) is 5.77. The maximum atomic E-state index is 11.8. The molecule has 2 aromatic heterocycles. The molecule has 0 amide bonds. The summed E-state index contributed by atoms with van der Waals surface area (Å²) in [5.74, 6) is 0. The largest absolute Gasteiger partial charge is 0.385 e. The molecule has 1 N–H and O–H groups in total. The Labute approximate surface area is 113 Å². The van der Waals surface area contributed by atoms with Crippen LogP contribution >= 0.6 is 15.9 Å². The summed E-state index contributed by atoms with van der Waals surface area (Å²) < 4.78 is 1.97. The summed E-state index contributed by atoms with van der Waals surface area (Å²) in [6.45, 7) is 3.29. The first-order valence-electron chi connectivity index (χ1n) is 5.59. The van der Waals surface area contributed by atoms with Gasteiger partial charge >= 0.3 is 0 Å². The minimum atomic E-state index is -0.111. The zero-order chi connectivity index (χ0) is 13.0. The van der Waals surface area contributed by atoms with Crippen molar-refractivity contribution in [3.8, 4) is 0 Å². The van der Waals surface area contributed by atoms with Gasteiger partial charge in [-0.3, -0.25) is 14.3 Å². The summed E-state index contributed by atoms with van der Waals surface area (Å²) in [6.07, 6.45) is 4.72. The van der Waals surface area contributed by atoms with Gasteiger partial charge in [0.25, 0.3) is 5.56 Å². The van der Waals surface area contributed by atoms with Crippen molar-refractivity contribution in [2.24, 2.45) is 0 Å². The molecule has 2 heterocycles. The standard InChI is InChI=1S/C12H13BrN4O/c1-2-15-9-3-4-16-10(5-9)7-17-8-14-6-11(13)12(17)18/h3-6,8H,2,7H2,1H3,(H,15,16). The topological polar surface area (TPSA) is 59.8 Å². The van der Waals surface area contributed by atoms with Gasteiger partial charge in [0.15, 0.2) is 0 Å². The van der Waals surface area contributed by atoms with Gasteiger partial charge in [-0.05, 0) is 35.0 Å². The zero-order valence-electron chi connectivity index (χ0n) is 9.93. The fourth-order valence-electron chi connectivity index (χ4n) is 1.59. The highest BCUT2D eigenvalue weighted by molar-refractivity contribution is 9.10. The molecule has 0 fully saturated rings. The third kappa shape index (κ3) is 2.95. The third-order valence-corrected chi connectivity index (χ3v) is 2.93. The summed E-state index contributed by atoms with van der Waals surface area (Å²) in [7, 11) is 0. The lowest BCUT2D eigenvalue weighted by Crippen LogP contribution is -2.21. The molecule has 0 saturated carbocycles. The van der Waals surface area contributed by atoms with Crippen LogP contribution in [0.1, 0.15) is 12.6 Å². The maximum Gasteiger partial charge on any atom is 0.267 e. The monoisotopic (exact) mass is 308 g/mol. The van der Waals surface area contributed by atoms with E-state index in [0.29, 0.717) is 11.0 Å². The number of hydrogen-bond donors (Lipinski definition) is 1. The molecule has 18 heavy (non-hydrogen) atoms. The van der Waals surface area contributed by atoms with Gasteiger partial charge in [-0.25, -0.2) is 4.98 Å². The van der Waals surface area contributed by atoms with E-state index in [1.165, 1.54) is 17.1 Å². The summed E-state index contributed by atoms with van der Waals surface area (Å²) >= 11 is 3.17. The number of rotatable bonds is 4. The molecule has 2 aromatic rings. The minimum Gasteiger partial charge on any atom is -0.385 e. The molecule has 0 aliphatic rings. The van der Waals surface area contributed by atoms with Crippen LogP contribution in [0.3, 0.4) is 0 Å². The average molecular weight is 309 g/mol. The van der Waals surface area contributed by atoms with Crippen LogP contribution in [0.5, 0.6) is 0 Å². The Kier molecular flexibility index (Phi) is 4.09. The SMILES string of the molecule is CCNc1ccnc(Cn2cncc(Br)c2=O)c1. The van der Waals surface area contributed by atoms with E-state index in [4.69, 9.17) is 0 Å². The van der Waals surface area contributed by atoms with Crippen molar-refractivity contribution in [1.82, 2.24) is 14.5 Å². The Bertz CT molecular complexity index is 597. The molecule has 0 aromatic carbocycles. The first kappa shape index (κ1) is 12.8. The van der Waals surface area contributed by atoms with Crippen LogP contribution in [0.2, 0.25) is 0 Å². The molecular weight excluding hydrogens is 296 g/mol. The lowest BCUT2D eigenvalue weighted by molar-refractivity contribution is 0.714. The van der Waals surface area contributed by atoms with Crippen molar-refractivity contribution in [1.29, 1.82) is 0 Å². The van der Waals surface area contributed by atoms with E-state index < -0.39 is 0 Å². The maximum absolute atomic E-state index is 11.8. The van der Waals surface area contributed by atoms with Gasteiger partial charge in [0, 0.05) is 24.6 Å². The quantitative estimate of drug-likeness (QED) is 0.937. The van der Waals surface area contributed by atoms with E-state index in [1.807, 2.05) is 19.1 Å². The number of nitrogens with zero attached hydrogens (tertiary/aromatic N) is 3. The Morgan fingerprint density at radius 3 is 3.11 bits per heavy atom. The number of nitrogens with one attached hydrogen (secondary N) is 1. The molecule has 0 atom stereocenters. The van der Waals surface area contributed by atoms with Crippen molar-refractivity contribution in [2.45, 2.75) is 13.5 Å². The van der Waals surface area contributed by atoms with Crippen molar-refractivity contribution in [2.75, 3.05) is 11.9 Å². The Balaban J connectivity index is 2.26. The lowest BCUT2D eigenvalue weighted by atomic mass is 10.3. The van der Waals surface area contributed by atoms with Crippen LogP contribution in [-0.2, 0) is 6.54 Å². The van der Waals surface area contributed by atoms with Crippen LogP contribution in [0.15, 0.2) is 40.1 Å². The predicted octanol–water partition coefficient (Wildman–Crippen LogP) is 1.88. The summed E-state index contributed by atoms with van der Waals surface area (Å²) in [5, 5.41) is 3.21. The van der Waals surface area contributed by atoms with E-state index >= 15 is 0 Å². The molecule has 0 radical (unpaired) electrons. The molecule has 0 spiro atoms. The number of hydrogen-bond acceptors (Lipinski definition) is 4. The molecule has 2 rings (SSSR count). The number of aromatic nitrogens is 3. The smallest absolute Gasteiger partial charge is 0.267 e. The van der Waals surface area contributed by atoms with Gasteiger partial charge in [0.1, 0.15) is 4.47 Å². The van der Waals surface area contributed by atoms with Crippen molar-refractivity contribution < 1.29 is 0 Å². The summed E-state index contributed by atoms with van der Waals surface area (Å²) in [6, 6.07) is 3.83. The van der Waals surface area contributed by atoms with E-state index in [2.05, 4.69) is 31.2 Å². The Morgan fingerprint density at radius 1 is 1.50 bits per heavy atom. The third-order valence-electron chi connectivity index (χ3n) is 2.39. The van der Waals surface area contributed by atoms with Gasteiger partial charge in [0.2, 0.25) is 0 Å². The van der Waals surface area contributed by atoms with Gasteiger partial charge in [-0.1, -0.05) is 0 Å². The van der Waals surface area contributed by atoms with E-state index in [0.717, 1.165) is 17.9 Å². The average Bonchev–Trinajstić information content (AvgIpc) is 2.36. The highest BCUT2D eigenvalue weighted by Gasteiger charge is 2.03. The zero-order valence-corrected chi connectivity index (χ0v) is 11.5. The first-order valence-corrected chi connectivity index (χ1v) is 6.38. The molecule has 94 valence electrons. The second-order valence-corrected chi connectivity index (χ2v) is 4.60. The molecule has 6 heteroatoms. The van der Waals surface area contributed by atoms with Crippen LogP contribution in [0, 0.1) is 0 Å². The number of pyridine rings is 1.